The Balaban J connectivity index is 1.56. The van der Waals surface area contributed by atoms with E-state index in [9.17, 15) is 14.0 Å². The molecule has 33 heavy (non-hydrogen) atoms. The molecule has 9 heteroatoms. The van der Waals surface area contributed by atoms with Crippen molar-refractivity contribution in [2.24, 2.45) is 0 Å². The SMILES string of the molecule is O=C(NC1C(=O)n2c(nnc2-c2ccc(Cl)cc2)SC1c1ccc(F)cc1)c1ccccc1. The predicted molar refractivity (Wildman–Crippen MR) is 124 cm³/mol. The Labute approximate surface area is 197 Å². The Hall–Kier alpha value is -3.49. The van der Waals surface area contributed by atoms with Crippen LogP contribution in [0.4, 0.5) is 4.39 Å². The lowest BCUT2D eigenvalue weighted by atomic mass is 10.0. The summed E-state index contributed by atoms with van der Waals surface area (Å²) in [5, 5.41) is 11.7. The van der Waals surface area contributed by atoms with Gasteiger partial charge in [-0.25, -0.2) is 8.96 Å². The fourth-order valence-corrected chi connectivity index (χ4v) is 4.98. The van der Waals surface area contributed by atoms with Crippen molar-refractivity contribution in [3.63, 3.8) is 0 Å². The summed E-state index contributed by atoms with van der Waals surface area (Å²) in [6.45, 7) is 0. The number of nitrogens with zero attached hydrogens (tertiary/aromatic N) is 3. The second-order valence-electron chi connectivity index (χ2n) is 7.39. The van der Waals surface area contributed by atoms with Crippen molar-refractivity contribution < 1.29 is 14.0 Å². The van der Waals surface area contributed by atoms with E-state index in [1.54, 1.807) is 60.7 Å². The number of nitrogens with one attached hydrogen (secondary N) is 1. The van der Waals surface area contributed by atoms with Gasteiger partial charge < -0.3 is 5.32 Å². The van der Waals surface area contributed by atoms with Crippen LogP contribution in [-0.2, 0) is 0 Å². The molecule has 3 aromatic carbocycles. The molecule has 1 aliphatic rings. The number of halogens is 2. The molecule has 0 aliphatic carbocycles. The summed E-state index contributed by atoms with van der Waals surface area (Å²) >= 11 is 7.28. The molecule has 1 amide bonds. The minimum atomic E-state index is -0.928. The zero-order valence-electron chi connectivity index (χ0n) is 17.0. The summed E-state index contributed by atoms with van der Waals surface area (Å²) in [5.41, 5.74) is 1.79. The van der Waals surface area contributed by atoms with Gasteiger partial charge in [-0.15, -0.1) is 10.2 Å². The van der Waals surface area contributed by atoms with E-state index in [1.165, 1.54) is 28.5 Å². The van der Waals surface area contributed by atoms with Gasteiger partial charge in [0.25, 0.3) is 11.8 Å². The van der Waals surface area contributed by atoms with Gasteiger partial charge in [0, 0.05) is 16.1 Å². The third-order valence-corrected chi connectivity index (χ3v) is 6.80. The molecule has 2 heterocycles. The first-order valence-corrected chi connectivity index (χ1v) is 11.3. The lowest BCUT2D eigenvalue weighted by molar-refractivity contribution is 0.0789. The maximum atomic E-state index is 13.7. The molecule has 0 saturated carbocycles. The highest BCUT2D eigenvalue weighted by Gasteiger charge is 2.41. The second kappa shape index (κ2) is 8.80. The number of carbonyl (C=O) groups is 2. The van der Waals surface area contributed by atoms with Gasteiger partial charge in [0.05, 0.1) is 5.25 Å². The lowest BCUT2D eigenvalue weighted by Gasteiger charge is -2.31. The van der Waals surface area contributed by atoms with Crippen LogP contribution in [0.1, 0.15) is 26.0 Å². The first-order chi connectivity index (χ1) is 16.0. The standard InChI is InChI=1S/C24H16ClFN4O2S/c25-17-10-6-15(7-11-17)21-28-29-24-30(21)23(32)19(27-22(31)16-4-2-1-3-5-16)20(33-24)14-8-12-18(26)13-9-14/h1-13,19-20H,(H,27,31). The third kappa shape index (κ3) is 4.15. The first-order valence-electron chi connectivity index (χ1n) is 10.0. The minimum Gasteiger partial charge on any atom is -0.339 e. The summed E-state index contributed by atoms with van der Waals surface area (Å²) in [6.07, 6.45) is 0. The number of carbonyl (C=O) groups excluding carboxylic acids is 2. The largest absolute Gasteiger partial charge is 0.339 e. The number of thioether (sulfide) groups is 1. The maximum Gasteiger partial charge on any atom is 0.258 e. The second-order valence-corrected chi connectivity index (χ2v) is 8.94. The van der Waals surface area contributed by atoms with Gasteiger partial charge in [0.1, 0.15) is 11.9 Å². The van der Waals surface area contributed by atoms with Crippen LogP contribution < -0.4 is 5.32 Å². The molecule has 0 saturated heterocycles. The third-order valence-electron chi connectivity index (χ3n) is 5.28. The number of amides is 1. The van der Waals surface area contributed by atoms with Crippen LogP contribution in [0.5, 0.6) is 0 Å². The van der Waals surface area contributed by atoms with Crippen LogP contribution in [0.3, 0.4) is 0 Å². The van der Waals surface area contributed by atoms with Crippen LogP contribution in [-0.4, -0.2) is 32.6 Å². The van der Waals surface area contributed by atoms with E-state index in [-0.39, 0.29) is 17.6 Å². The van der Waals surface area contributed by atoms with Crippen molar-refractivity contribution in [1.29, 1.82) is 0 Å². The highest BCUT2D eigenvalue weighted by atomic mass is 35.5. The summed E-state index contributed by atoms with van der Waals surface area (Å²) in [7, 11) is 0. The summed E-state index contributed by atoms with van der Waals surface area (Å²) in [6, 6.07) is 20.5. The molecule has 4 aromatic rings. The van der Waals surface area contributed by atoms with Crippen molar-refractivity contribution in [2.75, 3.05) is 0 Å². The molecule has 0 fully saturated rings. The molecule has 1 aromatic heterocycles. The minimum absolute atomic E-state index is 0.357. The molecule has 1 N–H and O–H groups in total. The van der Waals surface area contributed by atoms with Crippen LogP contribution in [0.25, 0.3) is 11.4 Å². The monoisotopic (exact) mass is 478 g/mol. The molecule has 0 spiro atoms. The maximum absolute atomic E-state index is 13.7. The number of fused-ring (bicyclic) bond motifs is 1. The van der Waals surface area contributed by atoms with Gasteiger partial charge in [0.2, 0.25) is 0 Å². The van der Waals surface area contributed by atoms with Crippen molar-refractivity contribution in [2.45, 2.75) is 16.4 Å². The van der Waals surface area contributed by atoms with Crippen LogP contribution in [0, 0.1) is 5.82 Å². The van der Waals surface area contributed by atoms with E-state index in [2.05, 4.69) is 15.5 Å². The van der Waals surface area contributed by atoms with E-state index in [0.717, 1.165) is 0 Å². The number of aromatic nitrogens is 3. The van der Waals surface area contributed by atoms with Gasteiger partial charge in [-0.1, -0.05) is 53.7 Å². The van der Waals surface area contributed by atoms with Gasteiger partial charge in [0.15, 0.2) is 11.0 Å². The molecule has 0 bridgehead atoms. The molecule has 6 nitrogen and oxygen atoms in total. The van der Waals surface area contributed by atoms with Crippen molar-refractivity contribution in [3.05, 3.63) is 101 Å². The Morgan fingerprint density at radius 2 is 1.67 bits per heavy atom. The van der Waals surface area contributed by atoms with Gasteiger partial charge in [-0.3, -0.25) is 9.59 Å². The molecule has 1 aliphatic heterocycles. The number of rotatable bonds is 4. The smallest absolute Gasteiger partial charge is 0.258 e. The fourth-order valence-electron chi connectivity index (χ4n) is 3.65. The van der Waals surface area contributed by atoms with E-state index in [4.69, 9.17) is 11.6 Å². The lowest BCUT2D eigenvalue weighted by Crippen LogP contribution is -2.48. The van der Waals surface area contributed by atoms with E-state index in [1.807, 2.05) is 6.07 Å². The summed E-state index contributed by atoms with van der Waals surface area (Å²) in [4.78, 5) is 26.7. The highest BCUT2D eigenvalue weighted by molar-refractivity contribution is 7.99. The van der Waals surface area contributed by atoms with Crippen molar-refractivity contribution in [3.8, 4) is 11.4 Å². The predicted octanol–water partition coefficient (Wildman–Crippen LogP) is 5.02. The molecular formula is C24H16ClFN4O2S. The average molecular weight is 479 g/mol. The van der Waals surface area contributed by atoms with Gasteiger partial charge in [-0.05, 0) is 54.1 Å². The van der Waals surface area contributed by atoms with Crippen LogP contribution in [0.15, 0.2) is 84.0 Å². The molecule has 2 atom stereocenters. The molecular weight excluding hydrogens is 463 g/mol. The van der Waals surface area contributed by atoms with Crippen molar-refractivity contribution in [1.82, 2.24) is 20.1 Å². The summed E-state index contributed by atoms with van der Waals surface area (Å²) in [5.74, 6) is -0.789. The van der Waals surface area contributed by atoms with Crippen LogP contribution >= 0.6 is 23.4 Å². The zero-order chi connectivity index (χ0) is 22.9. The molecule has 0 radical (unpaired) electrons. The quantitative estimate of drug-likeness (QED) is 0.445. The zero-order valence-corrected chi connectivity index (χ0v) is 18.6. The van der Waals surface area contributed by atoms with E-state index >= 15 is 0 Å². The van der Waals surface area contributed by atoms with E-state index < -0.39 is 11.3 Å². The average Bonchev–Trinajstić information content (AvgIpc) is 3.26. The van der Waals surface area contributed by atoms with Gasteiger partial charge >= 0.3 is 0 Å². The molecule has 164 valence electrons. The fraction of sp³-hybridized carbons (Fsp3) is 0.0833. The van der Waals surface area contributed by atoms with Crippen LogP contribution in [0.2, 0.25) is 5.02 Å². The van der Waals surface area contributed by atoms with Crippen molar-refractivity contribution >= 4 is 35.2 Å². The Bertz CT molecular complexity index is 1330. The number of benzene rings is 3. The Morgan fingerprint density at radius 1 is 0.970 bits per heavy atom. The topological polar surface area (TPSA) is 76.9 Å². The molecule has 2 unspecified atom stereocenters. The first kappa shape index (κ1) is 21.4. The molecule has 5 rings (SSSR count). The highest BCUT2D eigenvalue weighted by Crippen LogP contribution is 2.43. The number of hydrogen-bond acceptors (Lipinski definition) is 5. The normalized spacial score (nSPS) is 17.5. The van der Waals surface area contributed by atoms with Gasteiger partial charge in [-0.2, -0.15) is 0 Å². The summed E-state index contributed by atoms with van der Waals surface area (Å²) < 4.78 is 14.9. The Morgan fingerprint density at radius 3 is 2.36 bits per heavy atom. The number of hydrogen-bond donors (Lipinski definition) is 1. The van der Waals surface area contributed by atoms with E-state index in [0.29, 0.717) is 32.7 Å². The Kier molecular flexibility index (Phi) is 5.70.